The van der Waals surface area contributed by atoms with Crippen molar-refractivity contribution in [1.82, 2.24) is 4.90 Å². The molecule has 84 valence electrons. The number of likely N-dealkylation sites (N-methyl/N-ethyl adjacent to an activating group) is 1. The predicted molar refractivity (Wildman–Crippen MR) is 50.5 cm³/mol. The van der Waals surface area contributed by atoms with Crippen LogP contribution in [0.1, 0.15) is 12.8 Å². The lowest BCUT2D eigenvalue weighted by Gasteiger charge is -2.42. The summed E-state index contributed by atoms with van der Waals surface area (Å²) in [5, 5.41) is 0. The highest BCUT2D eigenvalue weighted by Crippen LogP contribution is 2.28. The van der Waals surface area contributed by atoms with E-state index in [0.29, 0.717) is 0 Å². The van der Waals surface area contributed by atoms with Crippen molar-refractivity contribution in [3.63, 3.8) is 0 Å². The van der Waals surface area contributed by atoms with Crippen LogP contribution in [0.4, 0.5) is 8.78 Å². The van der Waals surface area contributed by atoms with Gasteiger partial charge in [-0.1, -0.05) is 0 Å². The zero-order valence-electron chi connectivity index (χ0n) is 8.67. The molecular formula is C9H18F2N2O. The molecule has 1 aliphatic rings. The number of methoxy groups -OCH3 is 1. The molecule has 0 spiro atoms. The molecule has 1 fully saturated rings. The van der Waals surface area contributed by atoms with E-state index in [1.54, 1.807) is 19.1 Å². The Labute approximate surface area is 83.2 Å². The summed E-state index contributed by atoms with van der Waals surface area (Å²) in [6.07, 6.45) is 1.99. The lowest BCUT2D eigenvalue weighted by Crippen LogP contribution is -2.53. The van der Waals surface area contributed by atoms with Crippen LogP contribution in [-0.4, -0.2) is 50.2 Å². The van der Waals surface area contributed by atoms with Crippen LogP contribution >= 0.6 is 0 Å². The second-order valence-corrected chi connectivity index (χ2v) is 3.89. The van der Waals surface area contributed by atoms with E-state index >= 15 is 0 Å². The third-order valence-corrected chi connectivity index (χ3v) is 2.82. The van der Waals surface area contributed by atoms with E-state index in [4.69, 9.17) is 10.5 Å². The number of ether oxygens (including phenoxy) is 1. The lowest BCUT2D eigenvalue weighted by molar-refractivity contribution is -0.0815. The SMILES string of the molecule is COC1CCC1N(C)CC(F)(F)CN. The third kappa shape index (κ3) is 2.62. The van der Waals surface area contributed by atoms with Gasteiger partial charge in [-0.05, 0) is 19.9 Å². The highest BCUT2D eigenvalue weighted by molar-refractivity contribution is 4.90. The maximum absolute atomic E-state index is 12.9. The fraction of sp³-hybridized carbons (Fsp3) is 1.00. The van der Waals surface area contributed by atoms with Crippen LogP contribution in [-0.2, 0) is 4.74 Å². The first-order valence-corrected chi connectivity index (χ1v) is 4.81. The summed E-state index contributed by atoms with van der Waals surface area (Å²) >= 11 is 0. The molecule has 1 saturated carbocycles. The van der Waals surface area contributed by atoms with Crippen molar-refractivity contribution in [1.29, 1.82) is 0 Å². The van der Waals surface area contributed by atoms with Crippen LogP contribution in [0.3, 0.4) is 0 Å². The third-order valence-electron chi connectivity index (χ3n) is 2.82. The highest BCUT2D eigenvalue weighted by Gasteiger charge is 2.38. The summed E-state index contributed by atoms with van der Waals surface area (Å²) in [6, 6.07) is 0.123. The highest BCUT2D eigenvalue weighted by atomic mass is 19.3. The normalized spacial score (nSPS) is 27.9. The Morgan fingerprint density at radius 3 is 2.50 bits per heavy atom. The van der Waals surface area contributed by atoms with Gasteiger partial charge in [0.1, 0.15) is 0 Å². The number of nitrogens with zero attached hydrogens (tertiary/aromatic N) is 1. The second-order valence-electron chi connectivity index (χ2n) is 3.89. The Bertz CT molecular complexity index is 188. The van der Waals surface area contributed by atoms with E-state index in [0.717, 1.165) is 12.8 Å². The zero-order chi connectivity index (χ0) is 10.8. The van der Waals surface area contributed by atoms with Gasteiger partial charge in [0, 0.05) is 13.2 Å². The van der Waals surface area contributed by atoms with Crippen molar-refractivity contribution in [2.24, 2.45) is 5.73 Å². The number of halogens is 2. The molecule has 0 amide bonds. The quantitative estimate of drug-likeness (QED) is 0.722. The Morgan fingerprint density at radius 1 is 1.50 bits per heavy atom. The summed E-state index contributed by atoms with van der Waals surface area (Å²) in [6.45, 7) is -0.879. The molecule has 2 N–H and O–H groups in total. The first-order valence-electron chi connectivity index (χ1n) is 4.81. The van der Waals surface area contributed by atoms with Gasteiger partial charge in [0.05, 0.1) is 19.2 Å². The summed E-state index contributed by atoms with van der Waals surface area (Å²) in [5.74, 6) is -2.79. The van der Waals surface area contributed by atoms with Gasteiger partial charge >= 0.3 is 0 Å². The number of rotatable bonds is 5. The summed E-state index contributed by atoms with van der Waals surface area (Å²) in [5.41, 5.74) is 4.97. The Balaban J connectivity index is 2.38. The van der Waals surface area contributed by atoms with Gasteiger partial charge in [-0.25, -0.2) is 8.78 Å². The van der Waals surface area contributed by atoms with Gasteiger partial charge in [0.2, 0.25) is 0 Å². The van der Waals surface area contributed by atoms with Gasteiger partial charge in [0.15, 0.2) is 0 Å². The number of alkyl halides is 2. The maximum atomic E-state index is 12.9. The molecule has 0 aromatic heterocycles. The van der Waals surface area contributed by atoms with Crippen LogP contribution in [0.2, 0.25) is 0 Å². The number of nitrogens with two attached hydrogens (primary N) is 1. The molecule has 0 saturated heterocycles. The van der Waals surface area contributed by atoms with E-state index in [-0.39, 0.29) is 18.7 Å². The van der Waals surface area contributed by atoms with Crippen LogP contribution in [0.15, 0.2) is 0 Å². The Kier molecular flexibility index (Phi) is 3.80. The van der Waals surface area contributed by atoms with Crippen LogP contribution < -0.4 is 5.73 Å². The van der Waals surface area contributed by atoms with Crippen molar-refractivity contribution in [2.45, 2.75) is 30.9 Å². The molecule has 0 aromatic rings. The predicted octanol–water partition coefficient (Wildman–Crippen LogP) is 0.690. The fourth-order valence-electron chi connectivity index (χ4n) is 1.78. The number of hydrogen-bond donors (Lipinski definition) is 1. The summed E-state index contributed by atoms with van der Waals surface area (Å²) in [4.78, 5) is 1.64. The van der Waals surface area contributed by atoms with E-state index in [9.17, 15) is 8.78 Å². The van der Waals surface area contributed by atoms with Crippen molar-refractivity contribution < 1.29 is 13.5 Å². The largest absolute Gasteiger partial charge is 0.380 e. The molecule has 2 atom stereocenters. The molecule has 0 heterocycles. The van der Waals surface area contributed by atoms with Gasteiger partial charge in [0.25, 0.3) is 5.92 Å². The molecule has 1 aliphatic carbocycles. The topological polar surface area (TPSA) is 38.5 Å². The van der Waals surface area contributed by atoms with E-state index in [1.165, 1.54) is 0 Å². The molecule has 0 bridgehead atoms. The molecule has 1 rings (SSSR count). The minimum Gasteiger partial charge on any atom is -0.380 e. The average Bonchev–Trinajstić information content (AvgIpc) is 2.02. The maximum Gasteiger partial charge on any atom is 0.272 e. The molecule has 2 unspecified atom stereocenters. The molecule has 14 heavy (non-hydrogen) atoms. The van der Waals surface area contributed by atoms with Gasteiger partial charge in [-0.3, -0.25) is 4.90 Å². The first-order chi connectivity index (χ1) is 6.50. The van der Waals surface area contributed by atoms with Crippen molar-refractivity contribution >= 4 is 0 Å². The zero-order valence-corrected chi connectivity index (χ0v) is 8.67. The standard InChI is InChI=1S/C9H18F2N2O/c1-13(6-9(10,11)5-12)7-3-4-8(7)14-2/h7-8H,3-6,12H2,1-2H3. The minimum absolute atomic E-state index is 0.105. The van der Waals surface area contributed by atoms with E-state index < -0.39 is 12.5 Å². The van der Waals surface area contributed by atoms with E-state index in [1.807, 2.05) is 0 Å². The van der Waals surface area contributed by atoms with Crippen molar-refractivity contribution in [3.05, 3.63) is 0 Å². The van der Waals surface area contributed by atoms with E-state index in [2.05, 4.69) is 0 Å². The molecule has 0 aliphatic heterocycles. The molecular weight excluding hydrogens is 190 g/mol. The summed E-state index contributed by atoms with van der Waals surface area (Å²) < 4.78 is 31.0. The Hall–Kier alpha value is -0.260. The second kappa shape index (κ2) is 4.51. The molecule has 5 heteroatoms. The molecule has 0 radical (unpaired) electrons. The van der Waals surface area contributed by atoms with Crippen molar-refractivity contribution in [2.75, 3.05) is 27.2 Å². The summed E-state index contributed by atoms with van der Waals surface area (Å²) in [7, 11) is 3.31. The van der Waals surface area contributed by atoms with Crippen molar-refractivity contribution in [3.8, 4) is 0 Å². The first kappa shape index (κ1) is 11.8. The molecule has 0 aromatic carbocycles. The number of hydrogen-bond acceptors (Lipinski definition) is 3. The Morgan fingerprint density at radius 2 is 2.14 bits per heavy atom. The van der Waals surface area contributed by atoms with Crippen LogP contribution in [0.25, 0.3) is 0 Å². The monoisotopic (exact) mass is 208 g/mol. The fourth-order valence-corrected chi connectivity index (χ4v) is 1.78. The van der Waals surface area contributed by atoms with Crippen LogP contribution in [0.5, 0.6) is 0 Å². The lowest BCUT2D eigenvalue weighted by atomic mass is 9.87. The minimum atomic E-state index is -2.79. The molecule has 3 nitrogen and oxygen atoms in total. The van der Waals surface area contributed by atoms with Crippen LogP contribution in [0, 0.1) is 0 Å². The smallest absolute Gasteiger partial charge is 0.272 e. The van der Waals surface area contributed by atoms with Gasteiger partial charge in [-0.2, -0.15) is 0 Å². The van der Waals surface area contributed by atoms with Gasteiger partial charge < -0.3 is 10.5 Å². The van der Waals surface area contributed by atoms with Gasteiger partial charge in [-0.15, -0.1) is 0 Å². The average molecular weight is 208 g/mol.